The zero-order valence-electron chi connectivity index (χ0n) is 9.87. The lowest BCUT2D eigenvalue weighted by atomic mass is 9.92. The predicted molar refractivity (Wildman–Crippen MR) is 69.5 cm³/mol. The highest BCUT2D eigenvalue weighted by molar-refractivity contribution is 5.65. The number of nitrogens with two attached hydrogens (primary N) is 1. The van der Waals surface area contributed by atoms with Gasteiger partial charge in [-0.3, -0.25) is 0 Å². The number of benzene rings is 1. The van der Waals surface area contributed by atoms with Crippen molar-refractivity contribution in [2.45, 2.75) is 25.8 Å². The third-order valence-electron chi connectivity index (χ3n) is 3.39. The van der Waals surface area contributed by atoms with Crippen LogP contribution in [0.5, 0.6) is 0 Å². The van der Waals surface area contributed by atoms with Crippen LogP contribution in [0.4, 0.5) is 11.4 Å². The Morgan fingerprint density at radius 3 is 2.94 bits per heavy atom. The van der Waals surface area contributed by atoms with Gasteiger partial charge in [0.15, 0.2) is 0 Å². The highest BCUT2D eigenvalue weighted by Crippen LogP contribution is 2.22. The van der Waals surface area contributed by atoms with E-state index < -0.39 is 0 Å². The molecule has 0 spiro atoms. The summed E-state index contributed by atoms with van der Waals surface area (Å²) < 4.78 is 0. The van der Waals surface area contributed by atoms with Gasteiger partial charge in [-0.15, -0.1) is 0 Å². The second-order valence-corrected chi connectivity index (χ2v) is 4.63. The van der Waals surface area contributed by atoms with Crippen LogP contribution in [-0.4, -0.2) is 19.1 Å². The average molecular weight is 219 g/mol. The van der Waals surface area contributed by atoms with E-state index in [2.05, 4.69) is 17.6 Å². The van der Waals surface area contributed by atoms with Gasteiger partial charge in [-0.1, -0.05) is 12.1 Å². The van der Waals surface area contributed by atoms with E-state index in [1.54, 1.807) is 0 Å². The standard InChI is InChI=1S/C13H21N3/c1-10(11-5-4-8-15-9-11)16-13-7-3-2-6-12(13)14/h2-3,6-7,10-11,15-16H,4-5,8-9,14H2,1H3. The summed E-state index contributed by atoms with van der Waals surface area (Å²) in [5, 5.41) is 6.96. The largest absolute Gasteiger partial charge is 0.397 e. The molecule has 1 aromatic carbocycles. The van der Waals surface area contributed by atoms with Gasteiger partial charge in [0.25, 0.3) is 0 Å². The van der Waals surface area contributed by atoms with E-state index >= 15 is 0 Å². The van der Waals surface area contributed by atoms with E-state index in [1.165, 1.54) is 12.8 Å². The third kappa shape index (κ3) is 2.67. The maximum atomic E-state index is 5.92. The number of piperidine rings is 1. The molecule has 16 heavy (non-hydrogen) atoms. The van der Waals surface area contributed by atoms with E-state index in [4.69, 9.17) is 5.73 Å². The van der Waals surface area contributed by atoms with Crippen molar-refractivity contribution in [1.82, 2.24) is 5.32 Å². The Balaban J connectivity index is 1.96. The Bertz CT molecular complexity index is 332. The van der Waals surface area contributed by atoms with Gasteiger partial charge in [-0.25, -0.2) is 0 Å². The number of nitrogen functional groups attached to an aromatic ring is 1. The molecule has 0 aromatic heterocycles. The first-order chi connectivity index (χ1) is 7.77. The lowest BCUT2D eigenvalue weighted by molar-refractivity contribution is 0.347. The molecule has 1 heterocycles. The minimum absolute atomic E-state index is 0.470. The summed E-state index contributed by atoms with van der Waals surface area (Å²) in [5.41, 5.74) is 7.81. The van der Waals surface area contributed by atoms with Crippen LogP contribution in [0.2, 0.25) is 0 Å². The van der Waals surface area contributed by atoms with Gasteiger partial charge in [0, 0.05) is 6.04 Å². The maximum absolute atomic E-state index is 5.92. The van der Waals surface area contributed by atoms with Gasteiger partial charge >= 0.3 is 0 Å². The molecule has 3 nitrogen and oxygen atoms in total. The van der Waals surface area contributed by atoms with Crippen LogP contribution in [0.3, 0.4) is 0 Å². The quantitative estimate of drug-likeness (QED) is 0.682. The Hall–Kier alpha value is -1.22. The number of para-hydroxylation sites is 2. The molecular weight excluding hydrogens is 198 g/mol. The number of nitrogens with one attached hydrogen (secondary N) is 2. The van der Waals surface area contributed by atoms with Crippen LogP contribution >= 0.6 is 0 Å². The molecular formula is C13H21N3. The fourth-order valence-electron chi connectivity index (χ4n) is 2.30. The van der Waals surface area contributed by atoms with Crippen LogP contribution in [0.25, 0.3) is 0 Å². The monoisotopic (exact) mass is 219 g/mol. The van der Waals surface area contributed by atoms with Crippen molar-refractivity contribution in [2.24, 2.45) is 5.92 Å². The van der Waals surface area contributed by atoms with E-state index in [0.29, 0.717) is 12.0 Å². The molecule has 1 saturated heterocycles. The fourth-order valence-corrected chi connectivity index (χ4v) is 2.30. The first-order valence-electron chi connectivity index (χ1n) is 6.09. The third-order valence-corrected chi connectivity index (χ3v) is 3.39. The van der Waals surface area contributed by atoms with Crippen molar-refractivity contribution in [3.8, 4) is 0 Å². The van der Waals surface area contributed by atoms with Gasteiger partial charge in [-0.05, 0) is 50.9 Å². The van der Waals surface area contributed by atoms with E-state index in [-0.39, 0.29) is 0 Å². The van der Waals surface area contributed by atoms with Gasteiger partial charge < -0.3 is 16.4 Å². The zero-order valence-corrected chi connectivity index (χ0v) is 9.87. The topological polar surface area (TPSA) is 50.1 Å². The summed E-state index contributed by atoms with van der Waals surface area (Å²) in [7, 11) is 0. The molecule has 2 rings (SSSR count). The minimum atomic E-state index is 0.470. The van der Waals surface area contributed by atoms with Crippen LogP contribution in [0.1, 0.15) is 19.8 Å². The van der Waals surface area contributed by atoms with Gasteiger partial charge in [0.1, 0.15) is 0 Å². The molecule has 2 atom stereocenters. The van der Waals surface area contributed by atoms with E-state index in [1.807, 2.05) is 24.3 Å². The molecule has 1 fully saturated rings. The summed E-state index contributed by atoms with van der Waals surface area (Å²) in [6.45, 7) is 4.52. The van der Waals surface area contributed by atoms with Crippen LogP contribution in [0.15, 0.2) is 24.3 Å². The summed E-state index contributed by atoms with van der Waals surface area (Å²) in [5.74, 6) is 0.702. The smallest absolute Gasteiger partial charge is 0.0576 e. The Kier molecular flexibility index (Phi) is 3.67. The number of hydrogen-bond donors (Lipinski definition) is 3. The second kappa shape index (κ2) is 5.21. The van der Waals surface area contributed by atoms with Crippen LogP contribution in [-0.2, 0) is 0 Å². The molecule has 88 valence electrons. The molecule has 1 aliphatic rings. The van der Waals surface area contributed by atoms with Crippen LogP contribution < -0.4 is 16.4 Å². The molecule has 0 aliphatic carbocycles. The molecule has 1 aliphatic heterocycles. The normalized spacial score (nSPS) is 22.7. The maximum Gasteiger partial charge on any atom is 0.0576 e. The first kappa shape index (κ1) is 11.3. The van der Waals surface area contributed by atoms with Crippen molar-refractivity contribution < 1.29 is 0 Å². The SMILES string of the molecule is CC(Nc1ccccc1N)C1CCCNC1. The van der Waals surface area contributed by atoms with Gasteiger partial charge in [-0.2, -0.15) is 0 Å². The molecule has 0 amide bonds. The Labute approximate surface area is 97.4 Å². The zero-order chi connectivity index (χ0) is 11.4. The van der Waals surface area contributed by atoms with Crippen molar-refractivity contribution in [3.05, 3.63) is 24.3 Å². The van der Waals surface area contributed by atoms with Crippen LogP contribution in [0, 0.1) is 5.92 Å². The molecule has 1 aromatic rings. The summed E-state index contributed by atoms with van der Waals surface area (Å²) in [6.07, 6.45) is 2.58. The Morgan fingerprint density at radius 2 is 2.25 bits per heavy atom. The first-order valence-corrected chi connectivity index (χ1v) is 6.09. The minimum Gasteiger partial charge on any atom is -0.397 e. The molecule has 0 radical (unpaired) electrons. The molecule has 0 bridgehead atoms. The van der Waals surface area contributed by atoms with Crippen molar-refractivity contribution >= 4 is 11.4 Å². The summed E-state index contributed by atoms with van der Waals surface area (Å²) in [4.78, 5) is 0. The lowest BCUT2D eigenvalue weighted by Gasteiger charge is -2.29. The average Bonchev–Trinajstić information content (AvgIpc) is 2.33. The fraction of sp³-hybridized carbons (Fsp3) is 0.538. The predicted octanol–water partition coefficient (Wildman–Crippen LogP) is 2.07. The van der Waals surface area contributed by atoms with Crippen molar-refractivity contribution in [3.63, 3.8) is 0 Å². The van der Waals surface area contributed by atoms with E-state index in [0.717, 1.165) is 24.5 Å². The number of anilines is 2. The number of rotatable bonds is 3. The molecule has 3 heteroatoms. The highest BCUT2D eigenvalue weighted by Gasteiger charge is 2.19. The lowest BCUT2D eigenvalue weighted by Crippen LogP contribution is -2.38. The van der Waals surface area contributed by atoms with Crippen molar-refractivity contribution in [1.29, 1.82) is 0 Å². The van der Waals surface area contributed by atoms with Crippen molar-refractivity contribution in [2.75, 3.05) is 24.1 Å². The second-order valence-electron chi connectivity index (χ2n) is 4.63. The molecule has 2 unspecified atom stereocenters. The van der Waals surface area contributed by atoms with E-state index in [9.17, 15) is 0 Å². The number of hydrogen-bond acceptors (Lipinski definition) is 3. The molecule has 4 N–H and O–H groups in total. The van der Waals surface area contributed by atoms with Gasteiger partial charge in [0.05, 0.1) is 11.4 Å². The Morgan fingerprint density at radius 1 is 1.44 bits per heavy atom. The summed E-state index contributed by atoms with van der Waals surface area (Å²) in [6, 6.07) is 8.44. The van der Waals surface area contributed by atoms with Gasteiger partial charge in [0.2, 0.25) is 0 Å². The molecule has 0 saturated carbocycles. The summed E-state index contributed by atoms with van der Waals surface area (Å²) >= 11 is 0. The highest BCUT2D eigenvalue weighted by atomic mass is 15.0.